The molecule has 0 bridgehead atoms. The first-order chi connectivity index (χ1) is 14.4. The van der Waals surface area contributed by atoms with Gasteiger partial charge in [-0.3, -0.25) is 10.2 Å². The molecule has 1 aliphatic rings. The number of halogens is 1. The molecule has 0 saturated carbocycles. The van der Waals surface area contributed by atoms with Gasteiger partial charge in [-0.1, -0.05) is 17.7 Å². The minimum Gasteiger partial charge on any atom is -0.455 e. The monoisotopic (exact) mass is 405 g/mol. The molecule has 6 heteroatoms. The van der Waals surface area contributed by atoms with Gasteiger partial charge >= 0.3 is 0 Å². The van der Waals surface area contributed by atoms with Crippen LogP contribution in [0.3, 0.4) is 0 Å². The molecule has 1 amide bonds. The van der Waals surface area contributed by atoms with Gasteiger partial charge in [0.05, 0.1) is 11.4 Å². The van der Waals surface area contributed by atoms with E-state index in [1.54, 1.807) is 12.1 Å². The minimum atomic E-state index is -0.293. The summed E-state index contributed by atoms with van der Waals surface area (Å²) >= 11 is 0. The van der Waals surface area contributed by atoms with E-state index < -0.39 is 0 Å². The van der Waals surface area contributed by atoms with Crippen molar-refractivity contribution >= 4 is 23.0 Å². The van der Waals surface area contributed by atoms with Gasteiger partial charge in [-0.2, -0.15) is 5.10 Å². The van der Waals surface area contributed by atoms with E-state index in [9.17, 15) is 9.18 Å². The normalized spacial score (nSPS) is 14.5. The Morgan fingerprint density at radius 2 is 1.83 bits per heavy atom. The van der Waals surface area contributed by atoms with Crippen molar-refractivity contribution in [3.63, 3.8) is 0 Å². The van der Waals surface area contributed by atoms with Gasteiger partial charge in [0, 0.05) is 23.2 Å². The third kappa shape index (κ3) is 3.99. The highest BCUT2D eigenvalue weighted by atomic mass is 19.1. The Bertz CT molecular complexity index is 1130. The lowest BCUT2D eigenvalue weighted by molar-refractivity contribution is 0.0994. The quantitative estimate of drug-likeness (QED) is 0.543. The summed E-state index contributed by atoms with van der Waals surface area (Å²) in [5, 5.41) is 7.48. The fraction of sp³-hybridized carbons (Fsp3) is 0.250. The second-order valence-electron chi connectivity index (χ2n) is 7.66. The lowest BCUT2D eigenvalue weighted by Crippen LogP contribution is -2.15. The maximum atomic E-state index is 13.1. The number of hydrogen-bond donors (Lipinski definition) is 2. The van der Waals surface area contributed by atoms with Crippen molar-refractivity contribution in [2.45, 2.75) is 40.0 Å². The zero-order chi connectivity index (χ0) is 21.3. The van der Waals surface area contributed by atoms with E-state index >= 15 is 0 Å². The molecule has 0 radical (unpaired) electrons. The summed E-state index contributed by atoms with van der Waals surface area (Å²) in [5.41, 5.74) is 9.11. The van der Waals surface area contributed by atoms with E-state index in [0.717, 1.165) is 58.7 Å². The first kappa shape index (κ1) is 19.9. The molecule has 5 nitrogen and oxygen atoms in total. The van der Waals surface area contributed by atoms with Crippen LogP contribution in [0.2, 0.25) is 0 Å². The van der Waals surface area contributed by atoms with Crippen molar-refractivity contribution in [2.24, 2.45) is 5.10 Å². The molecule has 2 N–H and O–H groups in total. The summed E-state index contributed by atoms with van der Waals surface area (Å²) in [5.74, 6) is 0.540. The summed E-state index contributed by atoms with van der Waals surface area (Å²) in [7, 11) is 0. The van der Waals surface area contributed by atoms with E-state index in [-0.39, 0.29) is 11.7 Å². The van der Waals surface area contributed by atoms with Gasteiger partial charge in [0.2, 0.25) is 0 Å². The Kier molecular flexibility index (Phi) is 5.40. The van der Waals surface area contributed by atoms with Crippen LogP contribution < -0.4 is 10.7 Å². The molecule has 0 aliphatic heterocycles. The molecule has 154 valence electrons. The zero-order valence-corrected chi connectivity index (χ0v) is 17.3. The van der Waals surface area contributed by atoms with E-state index in [0.29, 0.717) is 11.4 Å². The van der Waals surface area contributed by atoms with Crippen LogP contribution in [0.1, 0.15) is 51.4 Å². The van der Waals surface area contributed by atoms with Crippen LogP contribution in [0, 0.1) is 26.6 Å². The fourth-order valence-corrected chi connectivity index (χ4v) is 3.79. The number of carbonyl (C=O) groups is 1. The number of anilines is 2. The number of nitrogens with zero attached hydrogens (tertiary/aromatic N) is 1. The Morgan fingerprint density at radius 3 is 2.57 bits per heavy atom. The Morgan fingerprint density at radius 1 is 1.07 bits per heavy atom. The summed E-state index contributed by atoms with van der Waals surface area (Å²) in [6, 6.07) is 11.9. The fourth-order valence-electron chi connectivity index (χ4n) is 3.79. The number of rotatable bonds is 4. The predicted octanol–water partition coefficient (Wildman–Crippen LogP) is 5.75. The molecule has 3 aromatic rings. The lowest BCUT2D eigenvalue weighted by Gasteiger charge is -2.13. The Labute approximate surface area is 175 Å². The van der Waals surface area contributed by atoms with E-state index in [4.69, 9.17) is 4.42 Å². The first-order valence-corrected chi connectivity index (χ1v) is 10.0. The number of hydrogen-bond acceptors (Lipinski definition) is 4. The van der Waals surface area contributed by atoms with Crippen molar-refractivity contribution in [3.8, 4) is 0 Å². The molecule has 2 aromatic carbocycles. The van der Waals surface area contributed by atoms with E-state index in [1.165, 1.54) is 12.1 Å². The van der Waals surface area contributed by atoms with Gasteiger partial charge in [-0.25, -0.2) is 4.39 Å². The third-order valence-corrected chi connectivity index (χ3v) is 5.33. The molecule has 0 fully saturated rings. The van der Waals surface area contributed by atoms with Crippen LogP contribution in [-0.2, 0) is 6.42 Å². The molecule has 0 saturated heterocycles. The van der Waals surface area contributed by atoms with Crippen LogP contribution in [0.5, 0.6) is 0 Å². The van der Waals surface area contributed by atoms with Crippen molar-refractivity contribution < 1.29 is 13.6 Å². The number of furan rings is 1. The zero-order valence-electron chi connectivity index (χ0n) is 17.3. The summed E-state index contributed by atoms with van der Waals surface area (Å²) in [4.78, 5) is 12.9. The summed E-state index contributed by atoms with van der Waals surface area (Å²) in [6.45, 7) is 5.87. The standard InChI is InChI=1S/C24H24FN3O2/c1-14-7-12-19(15(2)13-14)26-24(29)23-16(3)22-20(5-4-6-21(22)30-23)28-27-18-10-8-17(25)9-11-18/h7-13,27H,4-6H2,1-3H3,(H,26,29)/b28-20+. The Hall–Kier alpha value is -3.41. The van der Waals surface area contributed by atoms with Gasteiger partial charge in [-0.15, -0.1) is 0 Å². The minimum absolute atomic E-state index is 0.264. The number of hydrazone groups is 1. The van der Waals surface area contributed by atoms with Crippen LogP contribution in [0.25, 0.3) is 0 Å². The average molecular weight is 405 g/mol. The van der Waals surface area contributed by atoms with Gasteiger partial charge in [0.1, 0.15) is 11.6 Å². The van der Waals surface area contributed by atoms with Gasteiger partial charge in [0.25, 0.3) is 5.91 Å². The molecule has 1 aromatic heterocycles. The number of amides is 1. The number of carbonyl (C=O) groups excluding carboxylic acids is 1. The molecule has 0 atom stereocenters. The number of fused-ring (bicyclic) bond motifs is 1. The molecule has 1 aliphatic carbocycles. The Balaban J connectivity index is 1.59. The van der Waals surface area contributed by atoms with Crippen LogP contribution in [0.4, 0.5) is 15.8 Å². The number of benzene rings is 2. The SMILES string of the molecule is Cc1ccc(NC(=O)c2oc3c(c2C)/C(=N/Nc2ccc(F)cc2)CCC3)c(C)c1. The summed E-state index contributed by atoms with van der Waals surface area (Å²) in [6.07, 6.45) is 2.43. The molecular formula is C24H24FN3O2. The van der Waals surface area contributed by atoms with E-state index in [2.05, 4.69) is 15.8 Å². The number of nitrogens with one attached hydrogen (secondary N) is 2. The van der Waals surface area contributed by atoms with Crippen molar-refractivity contribution in [1.29, 1.82) is 0 Å². The highest BCUT2D eigenvalue weighted by Crippen LogP contribution is 2.31. The maximum absolute atomic E-state index is 13.1. The highest BCUT2D eigenvalue weighted by Gasteiger charge is 2.28. The average Bonchev–Trinajstić information content (AvgIpc) is 3.07. The predicted molar refractivity (Wildman–Crippen MR) is 117 cm³/mol. The molecule has 0 spiro atoms. The van der Waals surface area contributed by atoms with Gasteiger partial charge in [0.15, 0.2) is 5.76 Å². The smallest absolute Gasteiger partial charge is 0.291 e. The van der Waals surface area contributed by atoms with Crippen LogP contribution in [0.15, 0.2) is 52.0 Å². The van der Waals surface area contributed by atoms with Crippen LogP contribution in [-0.4, -0.2) is 11.6 Å². The molecule has 4 rings (SSSR count). The second-order valence-corrected chi connectivity index (χ2v) is 7.66. The van der Waals surface area contributed by atoms with Crippen LogP contribution >= 0.6 is 0 Å². The molecule has 30 heavy (non-hydrogen) atoms. The largest absolute Gasteiger partial charge is 0.455 e. The van der Waals surface area contributed by atoms with Crippen molar-refractivity contribution in [2.75, 3.05) is 10.7 Å². The topological polar surface area (TPSA) is 66.6 Å². The van der Waals surface area contributed by atoms with E-state index in [1.807, 2.05) is 39.0 Å². The summed E-state index contributed by atoms with van der Waals surface area (Å²) < 4.78 is 19.1. The second kappa shape index (κ2) is 8.14. The lowest BCUT2D eigenvalue weighted by atomic mass is 9.93. The maximum Gasteiger partial charge on any atom is 0.291 e. The van der Waals surface area contributed by atoms with Crippen molar-refractivity contribution in [3.05, 3.63) is 82.1 Å². The molecular weight excluding hydrogens is 381 g/mol. The molecule has 1 heterocycles. The van der Waals surface area contributed by atoms with Gasteiger partial charge in [-0.05, 0) is 69.5 Å². The first-order valence-electron chi connectivity index (χ1n) is 10.0. The highest BCUT2D eigenvalue weighted by molar-refractivity contribution is 6.09. The number of aryl methyl sites for hydroxylation is 3. The van der Waals surface area contributed by atoms with Gasteiger partial charge < -0.3 is 9.73 Å². The van der Waals surface area contributed by atoms with Crippen molar-refractivity contribution in [1.82, 2.24) is 0 Å². The third-order valence-electron chi connectivity index (χ3n) is 5.33. The molecule has 0 unspecified atom stereocenters.